The topological polar surface area (TPSA) is 0 Å². The molecule has 0 spiro atoms. The van der Waals surface area contributed by atoms with Crippen molar-refractivity contribution in [2.24, 2.45) is 0 Å². The molecule has 0 unspecified atom stereocenters. The van der Waals surface area contributed by atoms with Crippen LogP contribution in [0, 0.1) is 0 Å². The van der Waals surface area contributed by atoms with E-state index in [2.05, 4.69) is 22.6 Å². The Morgan fingerprint density at radius 1 is 1.22 bits per heavy atom. The molecule has 1 rings (SSSR count). The van der Waals surface area contributed by atoms with Crippen molar-refractivity contribution in [3.05, 3.63) is 0 Å². The monoisotopic (exact) mass is 188 g/mol. The summed E-state index contributed by atoms with van der Waals surface area (Å²) >= 11 is 3.64. The zero-order valence-corrected chi connectivity index (χ0v) is 7.65. The highest BCUT2D eigenvalue weighted by molar-refractivity contribution is 9.24. The van der Waals surface area contributed by atoms with Gasteiger partial charge < -0.3 is 0 Å². The van der Waals surface area contributed by atoms with E-state index in [0.717, 1.165) is 11.4 Å². The van der Waals surface area contributed by atoms with Gasteiger partial charge in [0.15, 0.2) is 0 Å². The molecular formula is C7H14BBr. The van der Waals surface area contributed by atoms with Gasteiger partial charge >= 0.3 is 0 Å². The molecule has 0 radical (unpaired) electrons. The summed E-state index contributed by atoms with van der Waals surface area (Å²) in [5, 5.41) is 0. The minimum absolute atomic E-state index is 0.748. The molecule has 0 aliphatic heterocycles. The van der Waals surface area contributed by atoms with Crippen LogP contribution in [0.3, 0.4) is 0 Å². The molecule has 2 heteroatoms. The van der Waals surface area contributed by atoms with E-state index in [1.54, 1.807) is 0 Å². The fraction of sp³-hybridized carbons (Fsp3) is 1.00. The van der Waals surface area contributed by atoms with Crippen molar-refractivity contribution in [1.29, 1.82) is 0 Å². The van der Waals surface area contributed by atoms with Crippen molar-refractivity contribution < 1.29 is 0 Å². The van der Waals surface area contributed by atoms with Crippen molar-refractivity contribution >= 4 is 21.3 Å². The Hall–Kier alpha value is 0.545. The van der Waals surface area contributed by atoms with Gasteiger partial charge in [0.2, 0.25) is 5.54 Å². The number of hydrogen-bond donors (Lipinski definition) is 0. The summed E-state index contributed by atoms with van der Waals surface area (Å²) in [6.45, 7) is 2.27. The van der Waals surface area contributed by atoms with Crippen LogP contribution >= 0.6 is 15.8 Å². The van der Waals surface area contributed by atoms with Crippen LogP contribution in [0.1, 0.15) is 32.1 Å². The van der Waals surface area contributed by atoms with Gasteiger partial charge in [0.25, 0.3) is 0 Å². The van der Waals surface area contributed by atoms with Crippen molar-refractivity contribution in [3.8, 4) is 0 Å². The highest BCUT2D eigenvalue weighted by Gasteiger charge is 2.19. The molecule has 0 N–H and O–H groups in total. The Kier molecular flexibility index (Phi) is 3.10. The molecule has 52 valence electrons. The largest absolute Gasteiger partial charge is 0.222 e. The van der Waals surface area contributed by atoms with E-state index in [0.29, 0.717) is 0 Å². The van der Waals surface area contributed by atoms with E-state index in [9.17, 15) is 0 Å². The third kappa shape index (κ3) is 2.33. The van der Waals surface area contributed by atoms with Gasteiger partial charge in [-0.2, -0.15) is 15.8 Å². The molecule has 9 heavy (non-hydrogen) atoms. The van der Waals surface area contributed by atoms with Crippen molar-refractivity contribution in [2.45, 2.75) is 44.7 Å². The molecule has 0 aromatic carbocycles. The average Bonchev–Trinajstić information content (AvgIpc) is 1.90. The Morgan fingerprint density at radius 3 is 2.11 bits per heavy atom. The van der Waals surface area contributed by atoms with Gasteiger partial charge in [-0.1, -0.05) is 44.7 Å². The molecule has 1 fully saturated rings. The van der Waals surface area contributed by atoms with Gasteiger partial charge in [-0.05, 0) is 0 Å². The summed E-state index contributed by atoms with van der Waals surface area (Å²) in [5.74, 6) is 0.971. The number of halogens is 1. The summed E-state index contributed by atoms with van der Waals surface area (Å²) < 4.78 is 0. The van der Waals surface area contributed by atoms with Crippen LogP contribution in [0.15, 0.2) is 0 Å². The summed E-state index contributed by atoms with van der Waals surface area (Å²) in [7, 11) is 0. The molecule has 1 aliphatic carbocycles. The maximum Gasteiger partial charge on any atom is 0.222 e. The Bertz CT molecular complexity index is 77.0. The minimum atomic E-state index is 0.748. The normalized spacial score (nSPS) is 22.0. The first-order chi connectivity index (χ1) is 4.30. The van der Waals surface area contributed by atoms with Gasteiger partial charge in [0.05, 0.1) is 0 Å². The lowest BCUT2D eigenvalue weighted by molar-refractivity contribution is 0.500. The smallest absolute Gasteiger partial charge is 0.157 e. The third-order valence-corrected chi connectivity index (χ3v) is 3.05. The standard InChI is InChI=1S/C7H14BBr/c1-8(9)7-5-3-2-4-6-7/h7H,2-6H2,1H3. The fourth-order valence-corrected chi connectivity index (χ4v) is 2.12. The van der Waals surface area contributed by atoms with Gasteiger partial charge in [-0.3, -0.25) is 0 Å². The SMILES string of the molecule is CB(Br)C1CCCCC1. The average molecular weight is 189 g/mol. The summed E-state index contributed by atoms with van der Waals surface area (Å²) in [6, 6.07) is 0. The van der Waals surface area contributed by atoms with Crippen LogP contribution < -0.4 is 0 Å². The number of hydrogen-bond acceptors (Lipinski definition) is 0. The van der Waals surface area contributed by atoms with Crippen LogP contribution in [-0.4, -0.2) is 5.54 Å². The Balaban J connectivity index is 2.23. The van der Waals surface area contributed by atoms with Crippen LogP contribution in [0.5, 0.6) is 0 Å². The van der Waals surface area contributed by atoms with E-state index >= 15 is 0 Å². The molecule has 1 aliphatic rings. The predicted molar refractivity (Wildman–Crippen MR) is 47.4 cm³/mol. The van der Waals surface area contributed by atoms with Gasteiger partial charge in [-0.15, -0.1) is 0 Å². The quantitative estimate of drug-likeness (QED) is 0.554. The van der Waals surface area contributed by atoms with E-state index in [-0.39, 0.29) is 0 Å². The second-order valence-electron chi connectivity index (χ2n) is 3.08. The molecule has 0 heterocycles. The van der Waals surface area contributed by atoms with Crippen LogP contribution in [0.4, 0.5) is 0 Å². The lowest BCUT2D eigenvalue weighted by Crippen LogP contribution is -2.12. The van der Waals surface area contributed by atoms with E-state index < -0.39 is 0 Å². The lowest BCUT2D eigenvalue weighted by Gasteiger charge is -2.21. The van der Waals surface area contributed by atoms with E-state index in [1.807, 2.05) is 0 Å². The van der Waals surface area contributed by atoms with Crippen molar-refractivity contribution in [3.63, 3.8) is 0 Å². The summed E-state index contributed by atoms with van der Waals surface area (Å²) in [5.41, 5.74) is 0.748. The van der Waals surface area contributed by atoms with Crippen LogP contribution in [-0.2, 0) is 0 Å². The number of rotatable bonds is 1. The maximum atomic E-state index is 3.64. The van der Waals surface area contributed by atoms with E-state index in [1.165, 1.54) is 32.1 Å². The Morgan fingerprint density at radius 2 is 1.78 bits per heavy atom. The summed E-state index contributed by atoms with van der Waals surface area (Å²) in [6.07, 6.45) is 7.29. The van der Waals surface area contributed by atoms with Gasteiger partial charge in [0, 0.05) is 0 Å². The molecule has 0 atom stereocenters. The Labute approximate surface area is 66.5 Å². The van der Waals surface area contributed by atoms with Gasteiger partial charge in [-0.25, -0.2) is 0 Å². The summed E-state index contributed by atoms with van der Waals surface area (Å²) in [4.78, 5) is 0. The molecule has 0 nitrogen and oxygen atoms in total. The van der Waals surface area contributed by atoms with Gasteiger partial charge in [0.1, 0.15) is 0 Å². The second kappa shape index (κ2) is 3.65. The van der Waals surface area contributed by atoms with E-state index in [4.69, 9.17) is 0 Å². The highest BCUT2D eigenvalue weighted by atomic mass is 79.9. The first kappa shape index (κ1) is 7.65. The maximum absolute atomic E-state index is 3.64. The fourth-order valence-electron chi connectivity index (χ4n) is 1.59. The first-order valence-corrected chi connectivity index (χ1v) is 4.86. The molecular weight excluding hydrogens is 175 g/mol. The minimum Gasteiger partial charge on any atom is -0.157 e. The molecule has 0 aromatic heterocycles. The molecule has 0 amide bonds. The third-order valence-electron chi connectivity index (χ3n) is 2.30. The lowest BCUT2D eigenvalue weighted by atomic mass is 9.60. The highest BCUT2D eigenvalue weighted by Crippen LogP contribution is 2.32. The molecule has 1 saturated carbocycles. The molecule has 0 bridgehead atoms. The molecule has 0 saturated heterocycles. The molecule has 0 aromatic rings. The second-order valence-corrected chi connectivity index (χ2v) is 4.52. The van der Waals surface area contributed by atoms with Crippen LogP contribution in [0.2, 0.25) is 12.6 Å². The van der Waals surface area contributed by atoms with Crippen molar-refractivity contribution in [2.75, 3.05) is 0 Å². The van der Waals surface area contributed by atoms with Crippen LogP contribution in [0.25, 0.3) is 0 Å². The predicted octanol–water partition coefficient (Wildman–Crippen LogP) is 3.34. The first-order valence-electron chi connectivity index (χ1n) is 3.95. The van der Waals surface area contributed by atoms with Crippen molar-refractivity contribution in [1.82, 2.24) is 0 Å². The zero-order chi connectivity index (χ0) is 6.69. The zero-order valence-electron chi connectivity index (χ0n) is 6.07.